The standard InChI is InChI=1S/C12H15BrN2O2/c13-8-5-6-11(14)10(7-8)12(16)15-17-9-3-1-2-4-9/h5-7,9H,1-4,14H2,(H,15,16). The van der Waals surface area contributed by atoms with Crippen molar-refractivity contribution in [1.29, 1.82) is 0 Å². The molecule has 1 aromatic carbocycles. The Morgan fingerprint density at radius 3 is 2.82 bits per heavy atom. The summed E-state index contributed by atoms with van der Waals surface area (Å²) in [5.41, 5.74) is 9.08. The van der Waals surface area contributed by atoms with Crippen LogP contribution >= 0.6 is 15.9 Å². The molecule has 3 N–H and O–H groups in total. The molecule has 0 aromatic heterocycles. The molecule has 1 fully saturated rings. The zero-order valence-electron chi connectivity index (χ0n) is 9.41. The minimum atomic E-state index is -0.296. The minimum absolute atomic E-state index is 0.146. The quantitative estimate of drug-likeness (QED) is 0.666. The van der Waals surface area contributed by atoms with Crippen LogP contribution in [0.2, 0.25) is 0 Å². The van der Waals surface area contributed by atoms with E-state index in [0.29, 0.717) is 11.3 Å². The second kappa shape index (κ2) is 5.51. The maximum Gasteiger partial charge on any atom is 0.276 e. The number of nitrogens with two attached hydrogens (primary N) is 1. The molecule has 92 valence electrons. The Morgan fingerprint density at radius 2 is 2.12 bits per heavy atom. The van der Waals surface area contributed by atoms with Gasteiger partial charge in [0.05, 0.1) is 11.7 Å². The average molecular weight is 299 g/mol. The molecule has 0 unspecified atom stereocenters. The Kier molecular flexibility index (Phi) is 4.02. The van der Waals surface area contributed by atoms with Gasteiger partial charge in [-0.15, -0.1) is 0 Å². The number of benzene rings is 1. The van der Waals surface area contributed by atoms with E-state index in [2.05, 4.69) is 21.4 Å². The molecule has 0 radical (unpaired) electrons. The third-order valence-electron chi connectivity index (χ3n) is 2.88. The Labute approximate surface area is 109 Å². The first-order valence-electron chi connectivity index (χ1n) is 5.68. The number of halogens is 1. The number of hydrogen-bond donors (Lipinski definition) is 2. The normalized spacial score (nSPS) is 16.1. The molecule has 1 aliphatic rings. The third-order valence-corrected chi connectivity index (χ3v) is 3.37. The predicted molar refractivity (Wildman–Crippen MR) is 69.4 cm³/mol. The first kappa shape index (κ1) is 12.4. The number of nitrogens with one attached hydrogen (secondary N) is 1. The molecule has 5 heteroatoms. The van der Waals surface area contributed by atoms with Gasteiger partial charge in [-0.05, 0) is 31.0 Å². The number of nitrogen functional groups attached to an aromatic ring is 1. The second-order valence-corrected chi connectivity index (χ2v) is 5.10. The molecule has 1 amide bonds. The van der Waals surface area contributed by atoms with Crippen LogP contribution < -0.4 is 11.2 Å². The first-order chi connectivity index (χ1) is 8.16. The lowest BCUT2D eigenvalue weighted by atomic mass is 10.2. The van der Waals surface area contributed by atoms with Crippen molar-refractivity contribution >= 4 is 27.5 Å². The molecular formula is C12H15BrN2O2. The highest BCUT2D eigenvalue weighted by molar-refractivity contribution is 9.10. The molecule has 0 bridgehead atoms. The van der Waals surface area contributed by atoms with Crippen LogP contribution in [0.3, 0.4) is 0 Å². The van der Waals surface area contributed by atoms with Crippen molar-refractivity contribution in [2.45, 2.75) is 31.8 Å². The smallest absolute Gasteiger partial charge is 0.276 e. The van der Waals surface area contributed by atoms with Gasteiger partial charge in [0.25, 0.3) is 5.91 Å². The molecule has 0 heterocycles. The van der Waals surface area contributed by atoms with E-state index in [1.807, 2.05) is 0 Å². The lowest BCUT2D eigenvalue weighted by Gasteiger charge is -2.12. The molecule has 2 rings (SSSR count). The topological polar surface area (TPSA) is 64.4 Å². The van der Waals surface area contributed by atoms with E-state index in [9.17, 15) is 4.79 Å². The maximum atomic E-state index is 11.8. The van der Waals surface area contributed by atoms with E-state index < -0.39 is 0 Å². The van der Waals surface area contributed by atoms with E-state index >= 15 is 0 Å². The Hall–Kier alpha value is -1.07. The minimum Gasteiger partial charge on any atom is -0.398 e. The SMILES string of the molecule is Nc1ccc(Br)cc1C(=O)NOC1CCCC1. The molecule has 0 saturated heterocycles. The summed E-state index contributed by atoms with van der Waals surface area (Å²) in [5.74, 6) is -0.296. The largest absolute Gasteiger partial charge is 0.398 e. The third kappa shape index (κ3) is 3.20. The van der Waals surface area contributed by atoms with E-state index in [1.165, 1.54) is 12.8 Å². The molecule has 4 nitrogen and oxygen atoms in total. The summed E-state index contributed by atoms with van der Waals surface area (Å²) in [6, 6.07) is 5.17. The Morgan fingerprint density at radius 1 is 1.41 bits per heavy atom. The van der Waals surface area contributed by atoms with Crippen molar-refractivity contribution in [3.05, 3.63) is 28.2 Å². The molecule has 17 heavy (non-hydrogen) atoms. The number of carbonyl (C=O) groups excluding carboxylic acids is 1. The highest BCUT2D eigenvalue weighted by Crippen LogP contribution is 2.21. The van der Waals surface area contributed by atoms with Crippen LogP contribution in [0.15, 0.2) is 22.7 Å². The van der Waals surface area contributed by atoms with Crippen molar-refractivity contribution < 1.29 is 9.63 Å². The van der Waals surface area contributed by atoms with Crippen molar-refractivity contribution in [2.24, 2.45) is 0 Å². The molecule has 1 saturated carbocycles. The second-order valence-electron chi connectivity index (χ2n) is 4.19. The number of hydroxylamine groups is 1. The summed E-state index contributed by atoms with van der Waals surface area (Å²) < 4.78 is 0.817. The van der Waals surface area contributed by atoms with Crippen molar-refractivity contribution in [3.63, 3.8) is 0 Å². The van der Waals surface area contributed by atoms with E-state index in [-0.39, 0.29) is 12.0 Å². The van der Waals surface area contributed by atoms with Gasteiger partial charge in [-0.3, -0.25) is 9.63 Å². The highest BCUT2D eigenvalue weighted by atomic mass is 79.9. The zero-order valence-corrected chi connectivity index (χ0v) is 11.0. The van der Waals surface area contributed by atoms with Gasteiger partial charge in [-0.2, -0.15) is 0 Å². The van der Waals surface area contributed by atoms with Gasteiger partial charge >= 0.3 is 0 Å². The molecule has 1 aromatic rings. The fourth-order valence-corrected chi connectivity index (χ4v) is 2.28. The van der Waals surface area contributed by atoms with Crippen molar-refractivity contribution in [2.75, 3.05) is 5.73 Å². The summed E-state index contributed by atoms with van der Waals surface area (Å²) in [4.78, 5) is 17.2. The average Bonchev–Trinajstić information content (AvgIpc) is 2.82. The predicted octanol–water partition coefficient (Wildman–Crippen LogP) is 2.64. The van der Waals surface area contributed by atoms with Gasteiger partial charge in [0.2, 0.25) is 0 Å². The van der Waals surface area contributed by atoms with Gasteiger partial charge in [0, 0.05) is 10.2 Å². The van der Waals surface area contributed by atoms with Crippen LogP contribution in [0, 0.1) is 0 Å². The van der Waals surface area contributed by atoms with Gasteiger partial charge in [-0.1, -0.05) is 28.8 Å². The molecule has 0 spiro atoms. The molecule has 1 aliphatic carbocycles. The number of carbonyl (C=O) groups is 1. The van der Waals surface area contributed by atoms with Crippen LogP contribution in [0.1, 0.15) is 36.0 Å². The Balaban J connectivity index is 1.96. The van der Waals surface area contributed by atoms with Crippen LogP contribution in [-0.4, -0.2) is 12.0 Å². The van der Waals surface area contributed by atoms with Crippen LogP contribution in [0.5, 0.6) is 0 Å². The molecular weight excluding hydrogens is 284 g/mol. The van der Waals surface area contributed by atoms with Crippen molar-refractivity contribution in [1.82, 2.24) is 5.48 Å². The summed E-state index contributed by atoms with van der Waals surface area (Å²) in [7, 11) is 0. The number of hydrogen-bond acceptors (Lipinski definition) is 3. The lowest BCUT2D eigenvalue weighted by Crippen LogP contribution is -2.28. The van der Waals surface area contributed by atoms with E-state index in [0.717, 1.165) is 17.3 Å². The summed E-state index contributed by atoms with van der Waals surface area (Å²) in [6.45, 7) is 0. The molecule has 0 atom stereocenters. The lowest BCUT2D eigenvalue weighted by molar-refractivity contribution is -0.0124. The number of anilines is 1. The van der Waals surface area contributed by atoms with Crippen LogP contribution in [0.4, 0.5) is 5.69 Å². The van der Waals surface area contributed by atoms with E-state index in [1.54, 1.807) is 18.2 Å². The van der Waals surface area contributed by atoms with E-state index in [4.69, 9.17) is 10.6 Å². The zero-order chi connectivity index (χ0) is 12.3. The number of amides is 1. The highest BCUT2D eigenvalue weighted by Gasteiger charge is 2.18. The van der Waals surface area contributed by atoms with Gasteiger partial charge in [0.15, 0.2) is 0 Å². The summed E-state index contributed by atoms with van der Waals surface area (Å²) in [6.07, 6.45) is 4.49. The van der Waals surface area contributed by atoms with Gasteiger partial charge < -0.3 is 5.73 Å². The van der Waals surface area contributed by atoms with Crippen LogP contribution in [-0.2, 0) is 4.84 Å². The summed E-state index contributed by atoms with van der Waals surface area (Å²) >= 11 is 3.31. The number of rotatable bonds is 3. The first-order valence-corrected chi connectivity index (χ1v) is 6.47. The fourth-order valence-electron chi connectivity index (χ4n) is 1.92. The van der Waals surface area contributed by atoms with Gasteiger partial charge in [-0.25, -0.2) is 5.48 Å². The monoisotopic (exact) mass is 298 g/mol. The van der Waals surface area contributed by atoms with Crippen molar-refractivity contribution in [3.8, 4) is 0 Å². The maximum absolute atomic E-state index is 11.8. The Bertz CT molecular complexity index is 417. The molecule has 0 aliphatic heterocycles. The van der Waals surface area contributed by atoms with Crippen LogP contribution in [0.25, 0.3) is 0 Å². The fraction of sp³-hybridized carbons (Fsp3) is 0.417. The summed E-state index contributed by atoms with van der Waals surface area (Å²) in [5, 5.41) is 0. The van der Waals surface area contributed by atoms with Gasteiger partial charge in [0.1, 0.15) is 0 Å².